The van der Waals surface area contributed by atoms with Crippen molar-refractivity contribution in [3.63, 3.8) is 0 Å². The summed E-state index contributed by atoms with van der Waals surface area (Å²) in [7, 11) is 3.64. The van der Waals surface area contributed by atoms with Crippen LogP contribution in [0.5, 0.6) is 0 Å². The van der Waals surface area contributed by atoms with Gasteiger partial charge in [-0.05, 0) is 19.3 Å². The van der Waals surface area contributed by atoms with Gasteiger partial charge in [0.15, 0.2) is 0 Å². The number of unbranched alkanes of at least 4 members (excludes halogenated alkanes) is 3. The summed E-state index contributed by atoms with van der Waals surface area (Å²) in [4.78, 5) is 13.5. The largest absolute Gasteiger partial charge is 0.345 e. The molecule has 0 unspecified atom stereocenters. The van der Waals surface area contributed by atoms with E-state index in [1.165, 1.54) is 12.8 Å². The van der Waals surface area contributed by atoms with E-state index in [2.05, 4.69) is 19.9 Å². The van der Waals surface area contributed by atoms with Crippen molar-refractivity contribution >= 4 is 5.91 Å². The topological polar surface area (TPSA) is 20.3 Å². The molecule has 0 aliphatic heterocycles. The molecule has 0 aliphatic carbocycles. The average Bonchev–Trinajstić information content (AvgIpc) is 2.22. The molecule has 0 rings (SSSR count). The fraction of sp³-hybridized carbons (Fsp3) is 0.769. The lowest BCUT2D eigenvalue weighted by Gasteiger charge is -2.13. The van der Waals surface area contributed by atoms with Crippen molar-refractivity contribution in [2.75, 3.05) is 14.1 Å². The van der Waals surface area contributed by atoms with E-state index in [0.29, 0.717) is 0 Å². The molecule has 0 N–H and O–H groups in total. The standard InChI is InChI=1S/C13H25NO/c1-5-7-9-11-12(10-8-6-2)13(15)14(3)4/h11H,5-10H2,1-4H3/b12-11-. The van der Waals surface area contributed by atoms with Gasteiger partial charge in [0.1, 0.15) is 0 Å². The van der Waals surface area contributed by atoms with E-state index >= 15 is 0 Å². The van der Waals surface area contributed by atoms with E-state index in [1.54, 1.807) is 4.90 Å². The maximum Gasteiger partial charge on any atom is 0.248 e. The van der Waals surface area contributed by atoms with Crippen molar-refractivity contribution in [1.29, 1.82) is 0 Å². The lowest BCUT2D eigenvalue weighted by molar-refractivity contribution is -0.124. The number of carbonyl (C=O) groups is 1. The molecule has 1 amide bonds. The number of rotatable bonds is 7. The highest BCUT2D eigenvalue weighted by molar-refractivity contribution is 5.92. The molecule has 0 radical (unpaired) electrons. The maximum atomic E-state index is 11.8. The molecule has 0 aliphatic rings. The quantitative estimate of drug-likeness (QED) is 0.467. The highest BCUT2D eigenvalue weighted by Gasteiger charge is 2.10. The summed E-state index contributed by atoms with van der Waals surface area (Å²) in [5, 5.41) is 0. The summed E-state index contributed by atoms with van der Waals surface area (Å²) >= 11 is 0. The molecular weight excluding hydrogens is 186 g/mol. The molecule has 0 spiro atoms. The van der Waals surface area contributed by atoms with Gasteiger partial charge in [-0.15, -0.1) is 0 Å². The number of likely N-dealkylation sites (N-methyl/N-ethyl adjacent to an activating group) is 1. The second-order valence-corrected chi connectivity index (χ2v) is 4.17. The van der Waals surface area contributed by atoms with E-state index in [9.17, 15) is 4.79 Å². The Balaban J connectivity index is 4.28. The smallest absolute Gasteiger partial charge is 0.248 e. The Bertz CT molecular complexity index is 207. The monoisotopic (exact) mass is 211 g/mol. The molecule has 0 aromatic heterocycles. The minimum atomic E-state index is 0.180. The lowest BCUT2D eigenvalue weighted by Crippen LogP contribution is -2.23. The first-order chi connectivity index (χ1) is 7.13. The van der Waals surface area contributed by atoms with E-state index in [4.69, 9.17) is 0 Å². The molecule has 0 atom stereocenters. The summed E-state index contributed by atoms with van der Waals surface area (Å²) in [6.45, 7) is 4.33. The third-order valence-electron chi connectivity index (χ3n) is 2.43. The Kier molecular flexibility index (Phi) is 8.06. The van der Waals surface area contributed by atoms with Crippen LogP contribution in [0.4, 0.5) is 0 Å². The van der Waals surface area contributed by atoms with Crippen molar-refractivity contribution in [3.05, 3.63) is 11.6 Å². The van der Waals surface area contributed by atoms with Crippen LogP contribution in [0.2, 0.25) is 0 Å². The van der Waals surface area contributed by atoms with Crippen molar-refractivity contribution < 1.29 is 4.79 Å². The molecular formula is C13H25NO. The molecule has 0 heterocycles. The van der Waals surface area contributed by atoms with E-state index < -0.39 is 0 Å². The van der Waals surface area contributed by atoms with E-state index in [1.807, 2.05) is 14.1 Å². The van der Waals surface area contributed by atoms with Gasteiger partial charge < -0.3 is 4.90 Å². The number of carbonyl (C=O) groups excluding carboxylic acids is 1. The Morgan fingerprint density at radius 2 is 1.73 bits per heavy atom. The van der Waals surface area contributed by atoms with Gasteiger partial charge in [0.05, 0.1) is 0 Å². The SMILES string of the molecule is CCCC/C=C(/CCCC)C(=O)N(C)C. The summed E-state index contributed by atoms with van der Waals surface area (Å²) in [6, 6.07) is 0. The number of allylic oxidation sites excluding steroid dienone is 1. The van der Waals surface area contributed by atoms with Gasteiger partial charge in [-0.2, -0.15) is 0 Å². The number of hydrogen-bond acceptors (Lipinski definition) is 1. The zero-order chi connectivity index (χ0) is 11.7. The van der Waals surface area contributed by atoms with Gasteiger partial charge in [0, 0.05) is 19.7 Å². The van der Waals surface area contributed by atoms with Gasteiger partial charge in [-0.1, -0.05) is 39.2 Å². The molecule has 0 saturated carbocycles. The fourth-order valence-electron chi connectivity index (χ4n) is 1.43. The number of amides is 1. The van der Waals surface area contributed by atoms with Gasteiger partial charge in [-0.25, -0.2) is 0 Å². The third-order valence-corrected chi connectivity index (χ3v) is 2.43. The van der Waals surface area contributed by atoms with E-state index in [0.717, 1.165) is 31.3 Å². The van der Waals surface area contributed by atoms with Gasteiger partial charge in [0.25, 0.3) is 0 Å². The summed E-state index contributed by atoms with van der Waals surface area (Å²) in [6.07, 6.45) is 8.71. The summed E-state index contributed by atoms with van der Waals surface area (Å²) in [5.74, 6) is 0.180. The van der Waals surface area contributed by atoms with Crippen LogP contribution in [-0.4, -0.2) is 24.9 Å². The Morgan fingerprint density at radius 3 is 2.20 bits per heavy atom. The van der Waals surface area contributed by atoms with E-state index in [-0.39, 0.29) is 5.91 Å². The molecule has 2 heteroatoms. The first-order valence-corrected chi connectivity index (χ1v) is 6.04. The molecule has 0 fully saturated rings. The van der Waals surface area contributed by atoms with Crippen LogP contribution in [-0.2, 0) is 4.79 Å². The Morgan fingerprint density at radius 1 is 1.13 bits per heavy atom. The Labute approximate surface area is 94.4 Å². The highest BCUT2D eigenvalue weighted by atomic mass is 16.2. The molecule has 2 nitrogen and oxygen atoms in total. The Hall–Kier alpha value is -0.790. The number of hydrogen-bond donors (Lipinski definition) is 0. The van der Waals surface area contributed by atoms with Crippen molar-refractivity contribution in [3.8, 4) is 0 Å². The highest BCUT2D eigenvalue weighted by Crippen LogP contribution is 2.12. The molecule has 15 heavy (non-hydrogen) atoms. The van der Waals surface area contributed by atoms with Crippen molar-refractivity contribution in [1.82, 2.24) is 4.90 Å². The lowest BCUT2D eigenvalue weighted by atomic mass is 10.1. The number of nitrogens with zero attached hydrogens (tertiary/aromatic N) is 1. The average molecular weight is 211 g/mol. The summed E-state index contributed by atoms with van der Waals surface area (Å²) < 4.78 is 0. The van der Waals surface area contributed by atoms with Crippen LogP contribution in [0.15, 0.2) is 11.6 Å². The molecule has 0 bridgehead atoms. The van der Waals surface area contributed by atoms with Crippen LogP contribution in [0, 0.1) is 0 Å². The predicted molar refractivity (Wildman–Crippen MR) is 65.8 cm³/mol. The zero-order valence-corrected chi connectivity index (χ0v) is 10.7. The molecule has 0 aromatic rings. The van der Waals surface area contributed by atoms with Gasteiger partial charge in [0.2, 0.25) is 5.91 Å². The first kappa shape index (κ1) is 14.2. The minimum Gasteiger partial charge on any atom is -0.345 e. The summed E-state index contributed by atoms with van der Waals surface area (Å²) in [5.41, 5.74) is 0.996. The predicted octanol–water partition coefficient (Wildman–Crippen LogP) is 3.38. The van der Waals surface area contributed by atoms with Gasteiger partial charge in [-0.3, -0.25) is 4.79 Å². The second kappa shape index (κ2) is 8.51. The fourth-order valence-corrected chi connectivity index (χ4v) is 1.43. The van der Waals surface area contributed by atoms with Crippen LogP contribution in [0.25, 0.3) is 0 Å². The second-order valence-electron chi connectivity index (χ2n) is 4.17. The maximum absolute atomic E-state index is 11.8. The third kappa shape index (κ3) is 6.32. The van der Waals surface area contributed by atoms with Crippen molar-refractivity contribution in [2.24, 2.45) is 0 Å². The van der Waals surface area contributed by atoms with Crippen LogP contribution in [0.1, 0.15) is 52.4 Å². The first-order valence-electron chi connectivity index (χ1n) is 6.04. The molecule has 0 aromatic carbocycles. The molecule has 88 valence electrons. The minimum absolute atomic E-state index is 0.180. The van der Waals surface area contributed by atoms with Gasteiger partial charge >= 0.3 is 0 Å². The zero-order valence-electron chi connectivity index (χ0n) is 10.7. The van der Waals surface area contributed by atoms with Crippen LogP contribution in [0.3, 0.4) is 0 Å². The van der Waals surface area contributed by atoms with Crippen molar-refractivity contribution in [2.45, 2.75) is 52.4 Å². The normalized spacial score (nSPS) is 11.6. The molecule has 0 saturated heterocycles. The van der Waals surface area contributed by atoms with Crippen LogP contribution >= 0.6 is 0 Å². The van der Waals surface area contributed by atoms with Crippen LogP contribution < -0.4 is 0 Å².